The van der Waals surface area contributed by atoms with E-state index in [1.54, 1.807) is 45.0 Å². The van der Waals surface area contributed by atoms with Crippen LogP contribution in [0.5, 0.6) is 0 Å². The van der Waals surface area contributed by atoms with Crippen LogP contribution in [0.2, 0.25) is 0 Å². The number of amides is 4. The Morgan fingerprint density at radius 2 is 1.69 bits per heavy atom. The molecule has 0 aliphatic heterocycles. The van der Waals surface area contributed by atoms with Crippen LogP contribution in [0, 0.1) is 6.92 Å². The van der Waals surface area contributed by atoms with E-state index in [-0.39, 0.29) is 6.54 Å². The van der Waals surface area contributed by atoms with Crippen molar-refractivity contribution in [2.45, 2.75) is 71.6 Å². The number of aryl methyl sites for hydroxylation is 1. The van der Waals surface area contributed by atoms with E-state index < -0.39 is 60.4 Å². The van der Waals surface area contributed by atoms with Crippen LogP contribution < -0.4 is 16.4 Å². The summed E-state index contributed by atoms with van der Waals surface area (Å²) in [5.41, 5.74) is 5.95. The smallest absolute Gasteiger partial charge is 0.408 e. The average Bonchev–Trinajstić information content (AvgIpc) is 2.78. The molecule has 0 saturated heterocycles. The number of benzene rings is 1. The van der Waals surface area contributed by atoms with Gasteiger partial charge in [0.05, 0.1) is 13.5 Å². The first-order valence-corrected chi connectivity index (χ1v) is 11.8. The van der Waals surface area contributed by atoms with Crippen molar-refractivity contribution >= 4 is 29.8 Å². The lowest BCUT2D eigenvalue weighted by molar-refractivity contribution is -0.145. The maximum Gasteiger partial charge on any atom is 0.408 e. The number of carbonyl (C=O) groups excluding carboxylic acids is 5. The van der Waals surface area contributed by atoms with E-state index in [2.05, 4.69) is 15.4 Å². The van der Waals surface area contributed by atoms with Crippen LogP contribution in [-0.2, 0) is 28.7 Å². The molecule has 2 atom stereocenters. The normalized spacial score (nSPS) is 12.6. The number of nitrogens with one attached hydrogen (secondary N) is 2. The fourth-order valence-electron chi connectivity index (χ4n) is 3.30. The second-order valence-electron chi connectivity index (χ2n) is 9.36. The molecule has 0 saturated carbocycles. The Balaban J connectivity index is 3.44. The molecule has 0 bridgehead atoms. The number of alkyl carbamates (subject to hydrolysis) is 1. The predicted molar refractivity (Wildman–Crippen MR) is 133 cm³/mol. The lowest BCUT2D eigenvalue weighted by Crippen LogP contribution is -2.54. The van der Waals surface area contributed by atoms with Gasteiger partial charge < -0.3 is 30.7 Å². The van der Waals surface area contributed by atoms with Crippen molar-refractivity contribution in [3.8, 4) is 0 Å². The van der Waals surface area contributed by atoms with Gasteiger partial charge in [0, 0.05) is 6.54 Å². The highest BCUT2D eigenvalue weighted by molar-refractivity contribution is 5.95. The standard InChI is InChI=1S/C25H38N4O7/c1-7-8-13-29(23(33)18(14-19(26)30)28-24(34)36-25(3,4)5)21(17-11-9-16(2)10-12-17)22(32)27-15-20(31)35-6/h9-12,18,21H,7-8,13-15H2,1-6H3,(H2,26,30)(H,27,32)(H,28,34). The number of esters is 1. The van der Waals surface area contributed by atoms with E-state index in [9.17, 15) is 24.0 Å². The Morgan fingerprint density at radius 1 is 1.08 bits per heavy atom. The highest BCUT2D eigenvalue weighted by atomic mass is 16.6. The predicted octanol–water partition coefficient (Wildman–Crippen LogP) is 1.72. The summed E-state index contributed by atoms with van der Waals surface area (Å²) in [4.78, 5) is 64.1. The fourth-order valence-corrected chi connectivity index (χ4v) is 3.30. The van der Waals surface area contributed by atoms with Gasteiger partial charge in [0.2, 0.25) is 17.7 Å². The fraction of sp³-hybridized carbons (Fsp3) is 0.560. The van der Waals surface area contributed by atoms with Gasteiger partial charge in [-0.2, -0.15) is 0 Å². The van der Waals surface area contributed by atoms with Gasteiger partial charge in [-0.05, 0) is 39.7 Å². The molecule has 0 heterocycles. The lowest BCUT2D eigenvalue weighted by Gasteiger charge is -2.34. The van der Waals surface area contributed by atoms with Gasteiger partial charge >= 0.3 is 12.1 Å². The Hall–Kier alpha value is -3.63. The molecule has 4 N–H and O–H groups in total. The molecule has 0 aliphatic rings. The third-order valence-corrected chi connectivity index (χ3v) is 5.02. The number of hydrogen-bond acceptors (Lipinski definition) is 7. The van der Waals surface area contributed by atoms with E-state index in [0.29, 0.717) is 18.4 Å². The zero-order valence-corrected chi connectivity index (χ0v) is 21.9. The van der Waals surface area contributed by atoms with Crippen LogP contribution >= 0.6 is 0 Å². The van der Waals surface area contributed by atoms with Crippen LogP contribution in [-0.4, -0.2) is 66.5 Å². The van der Waals surface area contributed by atoms with E-state index in [1.807, 2.05) is 13.8 Å². The van der Waals surface area contributed by atoms with Crippen molar-refractivity contribution in [2.75, 3.05) is 20.2 Å². The molecule has 1 aromatic rings. The quantitative estimate of drug-likeness (QED) is 0.364. The molecule has 4 amide bonds. The summed E-state index contributed by atoms with van der Waals surface area (Å²) >= 11 is 0. The molecule has 11 heteroatoms. The topological polar surface area (TPSA) is 157 Å². The van der Waals surface area contributed by atoms with Gasteiger partial charge in [-0.1, -0.05) is 43.2 Å². The Kier molecular flexibility index (Phi) is 11.9. The lowest BCUT2D eigenvalue weighted by atomic mass is 10.0. The molecule has 0 radical (unpaired) electrons. The maximum atomic E-state index is 13.7. The van der Waals surface area contributed by atoms with E-state index >= 15 is 0 Å². The molecular formula is C25H38N4O7. The number of ether oxygens (including phenoxy) is 2. The summed E-state index contributed by atoms with van der Waals surface area (Å²) in [7, 11) is 1.19. The van der Waals surface area contributed by atoms with Crippen molar-refractivity contribution < 1.29 is 33.4 Å². The third-order valence-electron chi connectivity index (χ3n) is 5.02. The monoisotopic (exact) mass is 506 g/mol. The number of nitrogens with two attached hydrogens (primary N) is 1. The van der Waals surface area contributed by atoms with Crippen LogP contribution in [0.1, 0.15) is 64.1 Å². The molecule has 200 valence electrons. The average molecular weight is 507 g/mol. The van der Waals surface area contributed by atoms with E-state index in [1.165, 1.54) is 12.0 Å². The van der Waals surface area contributed by atoms with Gasteiger partial charge in [-0.15, -0.1) is 0 Å². The minimum absolute atomic E-state index is 0.144. The molecule has 1 rings (SSSR count). The molecule has 0 aromatic heterocycles. The highest BCUT2D eigenvalue weighted by Gasteiger charge is 2.36. The summed E-state index contributed by atoms with van der Waals surface area (Å²) in [6, 6.07) is 4.47. The molecule has 1 aromatic carbocycles. The van der Waals surface area contributed by atoms with Crippen molar-refractivity contribution in [1.29, 1.82) is 0 Å². The summed E-state index contributed by atoms with van der Waals surface area (Å²) < 4.78 is 9.83. The number of unbranched alkanes of at least 4 members (excludes halogenated alkanes) is 1. The third kappa shape index (κ3) is 10.3. The molecule has 0 aliphatic carbocycles. The van der Waals surface area contributed by atoms with Crippen LogP contribution in [0.25, 0.3) is 0 Å². The van der Waals surface area contributed by atoms with Crippen LogP contribution in [0.3, 0.4) is 0 Å². The molecular weight excluding hydrogens is 468 g/mol. The summed E-state index contributed by atoms with van der Waals surface area (Å²) in [6.45, 7) is 8.52. The van der Waals surface area contributed by atoms with Gasteiger partial charge in [-0.25, -0.2) is 4.79 Å². The number of carbonyl (C=O) groups is 5. The van der Waals surface area contributed by atoms with Crippen LogP contribution in [0.4, 0.5) is 4.79 Å². The number of rotatable bonds is 12. The molecule has 2 unspecified atom stereocenters. The van der Waals surface area contributed by atoms with E-state index in [0.717, 1.165) is 5.56 Å². The zero-order valence-electron chi connectivity index (χ0n) is 21.9. The van der Waals surface area contributed by atoms with Crippen molar-refractivity contribution in [1.82, 2.24) is 15.5 Å². The first-order chi connectivity index (χ1) is 16.8. The summed E-state index contributed by atoms with van der Waals surface area (Å²) in [5.74, 6) is -2.78. The zero-order chi connectivity index (χ0) is 27.5. The summed E-state index contributed by atoms with van der Waals surface area (Å²) in [5, 5.41) is 4.92. The molecule has 0 spiro atoms. The molecule has 36 heavy (non-hydrogen) atoms. The summed E-state index contributed by atoms with van der Waals surface area (Å²) in [6.07, 6.45) is -0.160. The first kappa shape index (κ1) is 30.4. The Bertz CT molecular complexity index is 925. The minimum Gasteiger partial charge on any atom is -0.468 e. The van der Waals surface area contributed by atoms with Gasteiger partial charge in [0.25, 0.3) is 0 Å². The Labute approximate surface area is 212 Å². The second kappa shape index (κ2) is 14.1. The van der Waals surface area contributed by atoms with Crippen molar-refractivity contribution in [3.63, 3.8) is 0 Å². The van der Waals surface area contributed by atoms with E-state index in [4.69, 9.17) is 10.5 Å². The van der Waals surface area contributed by atoms with Gasteiger partial charge in [-0.3, -0.25) is 19.2 Å². The van der Waals surface area contributed by atoms with Gasteiger partial charge in [0.15, 0.2) is 0 Å². The number of nitrogens with zero attached hydrogens (tertiary/aromatic N) is 1. The Morgan fingerprint density at radius 3 is 2.19 bits per heavy atom. The molecule has 0 fully saturated rings. The number of methoxy groups -OCH3 is 1. The van der Waals surface area contributed by atoms with Crippen molar-refractivity contribution in [2.24, 2.45) is 5.73 Å². The van der Waals surface area contributed by atoms with Crippen LogP contribution in [0.15, 0.2) is 24.3 Å². The van der Waals surface area contributed by atoms with Gasteiger partial charge in [0.1, 0.15) is 24.2 Å². The SMILES string of the molecule is CCCCN(C(=O)C(CC(N)=O)NC(=O)OC(C)(C)C)C(C(=O)NCC(=O)OC)c1ccc(C)cc1. The maximum absolute atomic E-state index is 13.7. The number of hydrogen-bond donors (Lipinski definition) is 3. The number of primary amides is 1. The highest BCUT2D eigenvalue weighted by Crippen LogP contribution is 2.24. The first-order valence-electron chi connectivity index (χ1n) is 11.8. The minimum atomic E-state index is -1.37. The molecule has 11 nitrogen and oxygen atoms in total. The van der Waals surface area contributed by atoms with Crippen molar-refractivity contribution in [3.05, 3.63) is 35.4 Å². The second-order valence-corrected chi connectivity index (χ2v) is 9.36. The largest absolute Gasteiger partial charge is 0.468 e.